The number of hydrogen-bond donors (Lipinski definition) is 2. The number of rotatable bonds is 2. The van der Waals surface area contributed by atoms with Crippen molar-refractivity contribution in [2.45, 2.75) is 6.92 Å². The molecule has 16 heavy (non-hydrogen) atoms. The summed E-state index contributed by atoms with van der Waals surface area (Å²) >= 11 is 0. The maximum atomic E-state index is 9.96. The first kappa shape index (κ1) is 10.4. The van der Waals surface area contributed by atoms with Crippen molar-refractivity contribution < 1.29 is 14.4 Å². The summed E-state index contributed by atoms with van der Waals surface area (Å²) in [5.74, 6) is 1.44. The van der Waals surface area contributed by atoms with Gasteiger partial charge in [0.2, 0.25) is 0 Å². The molecule has 0 aliphatic heterocycles. The van der Waals surface area contributed by atoms with Crippen LogP contribution in [0.1, 0.15) is 5.56 Å². The van der Waals surface area contributed by atoms with E-state index in [9.17, 15) is 5.11 Å². The van der Waals surface area contributed by atoms with Gasteiger partial charge in [-0.2, -0.15) is 0 Å². The van der Waals surface area contributed by atoms with Gasteiger partial charge >= 0.3 is 0 Å². The van der Waals surface area contributed by atoms with Crippen LogP contribution in [0.5, 0.6) is 11.5 Å². The van der Waals surface area contributed by atoms with Crippen LogP contribution in [0.25, 0.3) is 11.3 Å². The molecule has 2 rings (SSSR count). The minimum atomic E-state index is 0.107. The van der Waals surface area contributed by atoms with Gasteiger partial charge in [0.25, 0.3) is 0 Å². The Bertz CT molecular complexity index is 520. The fourth-order valence-electron chi connectivity index (χ4n) is 1.52. The summed E-state index contributed by atoms with van der Waals surface area (Å²) in [6.07, 6.45) is 0. The largest absolute Gasteiger partial charge is 0.507 e. The molecule has 1 aromatic carbocycles. The van der Waals surface area contributed by atoms with E-state index in [0.717, 1.165) is 0 Å². The highest BCUT2D eigenvalue weighted by molar-refractivity contribution is 5.70. The van der Waals surface area contributed by atoms with Gasteiger partial charge in [0.1, 0.15) is 11.5 Å². The highest BCUT2D eigenvalue weighted by atomic mass is 16.5. The van der Waals surface area contributed by atoms with Gasteiger partial charge < -0.3 is 20.1 Å². The number of aromatic nitrogens is 1. The summed E-state index contributed by atoms with van der Waals surface area (Å²) in [4.78, 5) is 0. The van der Waals surface area contributed by atoms with Crippen LogP contribution in [0, 0.1) is 6.92 Å². The summed E-state index contributed by atoms with van der Waals surface area (Å²) in [5, 5.41) is 13.5. The van der Waals surface area contributed by atoms with Crippen LogP contribution in [-0.4, -0.2) is 17.4 Å². The first-order valence-corrected chi connectivity index (χ1v) is 4.72. The van der Waals surface area contributed by atoms with Crippen LogP contribution in [-0.2, 0) is 0 Å². The molecule has 1 aromatic heterocycles. The molecule has 3 N–H and O–H groups in total. The van der Waals surface area contributed by atoms with Crippen molar-refractivity contribution >= 4 is 5.82 Å². The topological polar surface area (TPSA) is 81.5 Å². The van der Waals surface area contributed by atoms with Gasteiger partial charge in [-0.05, 0) is 19.1 Å². The smallest absolute Gasteiger partial charge is 0.172 e. The van der Waals surface area contributed by atoms with E-state index < -0.39 is 0 Å². The van der Waals surface area contributed by atoms with E-state index in [-0.39, 0.29) is 11.6 Å². The second-order valence-corrected chi connectivity index (χ2v) is 3.41. The molecule has 1 heterocycles. The number of nitrogens with two attached hydrogens (primary N) is 1. The Labute approximate surface area is 92.4 Å². The van der Waals surface area contributed by atoms with E-state index in [1.165, 1.54) is 0 Å². The first-order valence-electron chi connectivity index (χ1n) is 4.72. The molecule has 0 fully saturated rings. The normalized spacial score (nSPS) is 10.4. The molecule has 0 bridgehead atoms. The Hall–Kier alpha value is -2.17. The van der Waals surface area contributed by atoms with Crippen molar-refractivity contribution in [1.82, 2.24) is 5.16 Å². The minimum Gasteiger partial charge on any atom is -0.507 e. The number of nitrogens with zero attached hydrogens (tertiary/aromatic N) is 1. The third-order valence-corrected chi connectivity index (χ3v) is 2.40. The van der Waals surface area contributed by atoms with E-state index in [1.807, 2.05) is 0 Å². The summed E-state index contributed by atoms with van der Waals surface area (Å²) < 4.78 is 10.1. The summed E-state index contributed by atoms with van der Waals surface area (Å²) in [5.41, 5.74) is 6.64. The highest BCUT2D eigenvalue weighted by Gasteiger charge is 2.14. The molecule has 0 aliphatic rings. The predicted molar refractivity (Wildman–Crippen MR) is 59.3 cm³/mol. The number of benzene rings is 1. The van der Waals surface area contributed by atoms with Gasteiger partial charge in [-0.15, -0.1) is 0 Å². The molecular weight excluding hydrogens is 208 g/mol. The van der Waals surface area contributed by atoms with Crippen LogP contribution in [0.4, 0.5) is 5.82 Å². The van der Waals surface area contributed by atoms with Crippen molar-refractivity contribution in [3.63, 3.8) is 0 Å². The van der Waals surface area contributed by atoms with Crippen LogP contribution in [0.2, 0.25) is 0 Å². The predicted octanol–water partition coefficient (Wildman–Crippen LogP) is 1.95. The zero-order valence-electron chi connectivity index (χ0n) is 9.02. The van der Waals surface area contributed by atoms with E-state index in [4.69, 9.17) is 15.0 Å². The lowest BCUT2D eigenvalue weighted by molar-refractivity contribution is 0.401. The average molecular weight is 220 g/mol. The van der Waals surface area contributed by atoms with Gasteiger partial charge in [0.05, 0.1) is 12.7 Å². The Morgan fingerprint density at radius 3 is 2.75 bits per heavy atom. The number of phenolic OH excluding ortho intramolecular Hbond substituents is 1. The Kier molecular flexibility index (Phi) is 2.44. The molecule has 5 nitrogen and oxygen atoms in total. The van der Waals surface area contributed by atoms with Crippen molar-refractivity contribution in [1.29, 1.82) is 0 Å². The molecule has 0 unspecified atom stereocenters. The minimum absolute atomic E-state index is 0.107. The van der Waals surface area contributed by atoms with E-state index in [2.05, 4.69) is 5.16 Å². The second kappa shape index (κ2) is 3.77. The second-order valence-electron chi connectivity index (χ2n) is 3.41. The number of methoxy groups -OCH3 is 1. The van der Waals surface area contributed by atoms with Crippen LogP contribution < -0.4 is 10.5 Å². The molecule has 0 saturated carbocycles. The van der Waals surface area contributed by atoms with Crippen molar-refractivity contribution in [2.75, 3.05) is 12.8 Å². The molecule has 0 aliphatic carbocycles. The molecular formula is C11H12N2O3. The molecule has 0 saturated heterocycles. The van der Waals surface area contributed by atoms with Gasteiger partial charge in [-0.3, -0.25) is 0 Å². The van der Waals surface area contributed by atoms with Gasteiger partial charge in [0, 0.05) is 11.6 Å². The monoisotopic (exact) mass is 220 g/mol. The molecule has 84 valence electrons. The number of ether oxygens (including phenoxy) is 1. The Balaban J connectivity index is 2.55. The fourth-order valence-corrected chi connectivity index (χ4v) is 1.52. The molecule has 0 amide bonds. The van der Waals surface area contributed by atoms with E-state index in [0.29, 0.717) is 22.6 Å². The average Bonchev–Trinajstić information content (AvgIpc) is 2.69. The SMILES string of the molecule is COc1ccc(-c2cc(N)no2)c(O)c1C. The summed E-state index contributed by atoms with van der Waals surface area (Å²) in [6, 6.07) is 5.01. The number of phenols is 1. The lowest BCUT2D eigenvalue weighted by Gasteiger charge is -2.08. The number of aromatic hydroxyl groups is 1. The molecule has 5 heteroatoms. The number of nitrogen functional groups attached to an aromatic ring is 1. The zero-order chi connectivity index (χ0) is 11.7. The summed E-state index contributed by atoms with van der Waals surface area (Å²) in [6.45, 7) is 1.76. The van der Waals surface area contributed by atoms with E-state index in [1.54, 1.807) is 32.2 Å². The first-order chi connectivity index (χ1) is 7.63. The lowest BCUT2D eigenvalue weighted by Crippen LogP contribution is -1.89. The van der Waals surface area contributed by atoms with Crippen LogP contribution in [0.3, 0.4) is 0 Å². The van der Waals surface area contributed by atoms with Crippen LogP contribution in [0.15, 0.2) is 22.7 Å². The molecule has 0 atom stereocenters. The molecule has 0 spiro atoms. The maximum Gasteiger partial charge on any atom is 0.172 e. The third kappa shape index (κ3) is 1.56. The van der Waals surface area contributed by atoms with E-state index >= 15 is 0 Å². The van der Waals surface area contributed by atoms with Crippen molar-refractivity contribution in [3.05, 3.63) is 23.8 Å². The molecule has 0 radical (unpaired) electrons. The van der Waals surface area contributed by atoms with Crippen molar-refractivity contribution in [2.24, 2.45) is 0 Å². The zero-order valence-corrected chi connectivity index (χ0v) is 9.02. The quantitative estimate of drug-likeness (QED) is 0.808. The van der Waals surface area contributed by atoms with Gasteiger partial charge in [0.15, 0.2) is 11.6 Å². The highest BCUT2D eigenvalue weighted by Crippen LogP contribution is 2.37. The summed E-state index contributed by atoms with van der Waals surface area (Å²) in [7, 11) is 1.55. The van der Waals surface area contributed by atoms with Gasteiger partial charge in [-0.25, -0.2) is 0 Å². The number of anilines is 1. The van der Waals surface area contributed by atoms with Gasteiger partial charge in [-0.1, -0.05) is 5.16 Å². The molecule has 2 aromatic rings. The maximum absolute atomic E-state index is 9.96. The standard InChI is InChI=1S/C11H12N2O3/c1-6-8(15-2)4-3-7(11(6)14)9-5-10(12)13-16-9/h3-5,14H,1-2H3,(H2,12,13). The fraction of sp³-hybridized carbons (Fsp3) is 0.182. The van der Waals surface area contributed by atoms with Crippen molar-refractivity contribution in [3.8, 4) is 22.8 Å². The third-order valence-electron chi connectivity index (χ3n) is 2.40. The lowest BCUT2D eigenvalue weighted by atomic mass is 10.1. The number of hydrogen-bond acceptors (Lipinski definition) is 5. The Morgan fingerprint density at radius 2 is 2.19 bits per heavy atom. The Morgan fingerprint density at radius 1 is 1.44 bits per heavy atom. The van der Waals surface area contributed by atoms with Crippen LogP contribution >= 0.6 is 0 Å².